The lowest BCUT2D eigenvalue weighted by atomic mass is 10.1. The molecule has 0 bridgehead atoms. The van der Waals surface area contributed by atoms with Gasteiger partial charge in [0, 0.05) is 16.6 Å². The molecule has 202 valence electrons. The van der Waals surface area contributed by atoms with Gasteiger partial charge in [0.15, 0.2) is 9.84 Å². The summed E-state index contributed by atoms with van der Waals surface area (Å²) in [6.45, 7) is 4.62. The van der Waals surface area contributed by atoms with E-state index in [1.54, 1.807) is 45.0 Å². The number of aliphatic hydroxyl groups excluding tert-OH is 1. The van der Waals surface area contributed by atoms with Crippen molar-refractivity contribution >= 4 is 38.9 Å². The van der Waals surface area contributed by atoms with Crippen molar-refractivity contribution in [1.29, 1.82) is 0 Å². The Morgan fingerprint density at radius 3 is 2.18 bits per heavy atom. The van der Waals surface area contributed by atoms with Crippen LogP contribution in [0.15, 0.2) is 71.6 Å². The molecule has 38 heavy (non-hydrogen) atoms. The molecule has 0 aliphatic rings. The summed E-state index contributed by atoms with van der Waals surface area (Å²) in [5.41, 5.74) is 1.27. The van der Waals surface area contributed by atoms with Crippen LogP contribution < -0.4 is 10.2 Å². The highest BCUT2D eigenvalue weighted by Crippen LogP contribution is 2.25. The van der Waals surface area contributed by atoms with Gasteiger partial charge in [0.2, 0.25) is 5.91 Å². The summed E-state index contributed by atoms with van der Waals surface area (Å²) < 4.78 is 39.3. The van der Waals surface area contributed by atoms with Crippen molar-refractivity contribution in [2.45, 2.75) is 44.2 Å². The molecule has 0 aromatic heterocycles. The Balaban J connectivity index is 1.77. The number of nitrogens with one attached hydrogen (secondary N) is 1. The minimum atomic E-state index is -3.39. The minimum absolute atomic E-state index is 0.00346. The lowest BCUT2D eigenvalue weighted by Gasteiger charge is -2.27. The Hall–Kier alpha value is -3.27. The van der Waals surface area contributed by atoms with Gasteiger partial charge in [-0.25, -0.2) is 12.8 Å². The molecule has 1 atom stereocenters. The average Bonchev–Trinajstić information content (AvgIpc) is 2.89. The molecule has 0 unspecified atom stereocenters. The molecule has 2 amide bonds. The van der Waals surface area contributed by atoms with Crippen LogP contribution in [0.5, 0.6) is 0 Å². The average molecular weight is 561 g/mol. The number of sulfone groups is 1. The van der Waals surface area contributed by atoms with E-state index in [1.165, 1.54) is 41.3 Å². The van der Waals surface area contributed by atoms with Crippen molar-refractivity contribution in [3.63, 3.8) is 0 Å². The van der Waals surface area contributed by atoms with Crippen LogP contribution >= 0.6 is 11.6 Å². The van der Waals surface area contributed by atoms with E-state index in [0.29, 0.717) is 10.6 Å². The number of halogens is 2. The fourth-order valence-corrected chi connectivity index (χ4v) is 4.97. The molecular weight excluding hydrogens is 531 g/mol. The maximum absolute atomic E-state index is 15.2. The van der Waals surface area contributed by atoms with Crippen LogP contribution in [0.3, 0.4) is 0 Å². The van der Waals surface area contributed by atoms with Gasteiger partial charge in [0.05, 0.1) is 35.4 Å². The summed E-state index contributed by atoms with van der Waals surface area (Å²) in [5, 5.41) is 13.0. The quantitative estimate of drug-likeness (QED) is 0.373. The zero-order valence-electron chi connectivity index (χ0n) is 21.3. The number of hydrogen-bond donors (Lipinski definition) is 2. The molecule has 3 rings (SSSR count). The van der Waals surface area contributed by atoms with Crippen LogP contribution in [-0.2, 0) is 21.1 Å². The first kappa shape index (κ1) is 29.3. The first-order valence-corrected chi connectivity index (χ1v) is 14.1. The normalized spacial score (nSPS) is 12.3. The van der Waals surface area contributed by atoms with Gasteiger partial charge in [-0.05, 0) is 67.4 Å². The van der Waals surface area contributed by atoms with Gasteiger partial charge in [-0.1, -0.05) is 42.8 Å². The summed E-state index contributed by atoms with van der Waals surface area (Å²) in [5.74, 6) is -1.74. The van der Waals surface area contributed by atoms with Gasteiger partial charge in [0.1, 0.15) is 5.82 Å². The summed E-state index contributed by atoms with van der Waals surface area (Å²) in [6, 6.07) is 15.3. The van der Waals surface area contributed by atoms with E-state index >= 15 is 4.39 Å². The number of rotatable bonds is 10. The van der Waals surface area contributed by atoms with E-state index in [2.05, 4.69) is 5.32 Å². The Bertz CT molecular complexity index is 1390. The van der Waals surface area contributed by atoms with Gasteiger partial charge < -0.3 is 15.3 Å². The minimum Gasteiger partial charge on any atom is -0.394 e. The molecule has 0 saturated heterocycles. The third kappa shape index (κ3) is 6.98. The molecular formula is C28H30ClFN2O5S. The Morgan fingerprint density at radius 1 is 1.03 bits per heavy atom. The topological polar surface area (TPSA) is 104 Å². The molecule has 0 spiro atoms. The zero-order valence-corrected chi connectivity index (χ0v) is 22.9. The van der Waals surface area contributed by atoms with Gasteiger partial charge >= 0.3 is 0 Å². The van der Waals surface area contributed by atoms with Gasteiger partial charge in [-0.2, -0.15) is 0 Å². The molecule has 0 heterocycles. The Kier molecular flexibility index (Phi) is 9.65. The first-order chi connectivity index (χ1) is 18.0. The van der Waals surface area contributed by atoms with Crippen molar-refractivity contribution < 1.29 is 27.5 Å². The van der Waals surface area contributed by atoms with E-state index in [0.717, 1.165) is 11.6 Å². The number of aliphatic hydroxyl groups is 1. The molecule has 0 aliphatic heterocycles. The van der Waals surface area contributed by atoms with Crippen molar-refractivity contribution in [1.82, 2.24) is 5.32 Å². The Labute approximate surface area is 227 Å². The maximum atomic E-state index is 15.2. The predicted molar refractivity (Wildman–Crippen MR) is 146 cm³/mol. The standard InChI is InChI=1S/C28H30ClFN2O5S/c1-4-38(36,37)23-12-7-20(8-13-23)25(17-33)31-28(35)21-9-14-26(24(30)16-21)32(18(2)3)27(34)15-19-5-10-22(29)11-6-19/h5-14,16,18,25,33H,4,15,17H2,1-3H3,(H,31,35)/t25-/m0/s1. The number of amides is 2. The van der Waals surface area contributed by atoms with E-state index in [1.807, 2.05) is 0 Å². The summed E-state index contributed by atoms with van der Waals surface area (Å²) in [4.78, 5) is 27.4. The Morgan fingerprint density at radius 2 is 1.66 bits per heavy atom. The highest BCUT2D eigenvalue weighted by Gasteiger charge is 2.24. The van der Waals surface area contributed by atoms with E-state index in [4.69, 9.17) is 11.6 Å². The van der Waals surface area contributed by atoms with Crippen LogP contribution in [0.25, 0.3) is 0 Å². The summed E-state index contributed by atoms with van der Waals surface area (Å²) >= 11 is 5.91. The van der Waals surface area contributed by atoms with Crippen LogP contribution in [0.1, 0.15) is 48.3 Å². The second kappa shape index (κ2) is 12.5. The number of carbonyl (C=O) groups is 2. The molecule has 7 nitrogen and oxygen atoms in total. The monoisotopic (exact) mass is 560 g/mol. The van der Waals surface area contributed by atoms with Crippen LogP contribution in [0.2, 0.25) is 5.02 Å². The second-order valence-corrected chi connectivity index (χ2v) is 11.7. The first-order valence-electron chi connectivity index (χ1n) is 12.1. The fraction of sp³-hybridized carbons (Fsp3) is 0.286. The predicted octanol–water partition coefficient (Wildman–Crippen LogP) is 4.72. The largest absolute Gasteiger partial charge is 0.394 e. The van der Waals surface area contributed by atoms with Crippen LogP contribution in [-0.4, -0.2) is 43.7 Å². The van der Waals surface area contributed by atoms with Gasteiger partial charge in [0.25, 0.3) is 5.91 Å². The van der Waals surface area contributed by atoms with E-state index in [9.17, 15) is 23.1 Å². The van der Waals surface area contributed by atoms with Crippen LogP contribution in [0.4, 0.5) is 10.1 Å². The molecule has 3 aromatic rings. The molecule has 2 N–H and O–H groups in total. The number of anilines is 1. The molecule has 0 aliphatic carbocycles. The maximum Gasteiger partial charge on any atom is 0.251 e. The molecule has 0 fully saturated rings. The highest BCUT2D eigenvalue weighted by molar-refractivity contribution is 7.91. The molecule has 0 saturated carbocycles. The third-order valence-electron chi connectivity index (χ3n) is 6.03. The van der Waals surface area contributed by atoms with Crippen LogP contribution in [0, 0.1) is 5.82 Å². The fourth-order valence-electron chi connectivity index (χ4n) is 3.96. The number of nitrogens with zero attached hydrogens (tertiary/aromatic N) is 1. The number of hydrogen-bond acceptors (Lipinski definition) is 5. The zero-order chi connectivity index (χ0) is 28.0. The van der Waals surface area contributed by atoms with Crippen molar-refractivity contribution in [3.05, 3.63) is 94.3 Å². The van der Waals surface area contributed by atoms with Crippen molar-refractivity contribution in [2.24, 2.45) is 0 Å². The number of carbonyl (C=O) groups excluding carboxylic acids is 2. The molecule has 3 aromatic carbocycles. The van der Waals surface area contributed by atoms with E-state index in [-0.39, 0.29) is 40.3 Å². The van der Waals surface area contributed by atoms with Crippen molar-refractivity contribution in [3.8, 4) is 0 Å². The van der Waals surface area contributed by atoms with E-state index < -0.39 is 34.2 Å². The summed E-state index contributed by atoms with van der Waals surface area (Å²) in [7, 11) is -3.39. The van der Waals surface area contributed by atoms with Gasteiger partial charge in [-0.3, -0.25) is 9.59 Å². The highest BCUT2D eigenvalue weighted by atomic mass is 35.5. The lowest BCUT2D eigenvalue weighted by Crippen LogP contribution is -2.39. The molecule has 10 heteroatoms. The second-order valence-electron chi connectivity index (χ2n) is 9.01. The summed E-state index contributed by atoms with van der Waals surface area (Å²) in [6.07, 6.45) is 0.0492. The smallest absolute Gasteiger partial charge is 0.251 e. The number of benzene rings is 3. The SMILES string of the molecule is CCS(=O)(=O)c1ccc([C@H](CO)NC(=O)c2ccc(N(C(=O)Cc3ccc(Cl)cc3)C(C)C)c(F)c2)cc1. The molecule has 0 radical (unpaired) electrons. The van der Waals surface area contributed by atoms with Crippen molar-refractivity contribution in [2.75, 3.05) is 17.3 Å². The lowest BCUT2D eigenvalue weighted by molar-refractivity contribution is -0.118. The van der Waals surface area contributed by atoms with Gasteiger partial charge in [-0.15, -0.1) is 0 Å². The third-order valence-corrected chi connectivity index (χ3v) is 8.04.